The minimum absolute atomic E-state index is 0.0777. The Morgan fingerprint density at radius 2 is 1.72 bits per heavy atom. The quantitative estimate of drug-likeness (QED) is 0.133. The molecular formula is C31H31NO7. The highest BCUT2D eigenvalue weighted by molar-refractivity contribution is 6.51. The van der Waals surface area contributed by atoms with Crippen molar-refractivity contribution < 1.29 is 33.7 Å². The number of anilines is 1. The topological polar surface area (TPSA) is 102 Å². The Hall–Kier alpha value is -4.59. The molecule has 202 valence electrons. The molecule has 1 fully saturated rings. The van der Waals surface area contributed by atoms with E-state index in [1.807, 2.05) is 20.8 Å². The summed E-state index contributed by atoms with van der Waals surface area (Å²) in [5.74, 6) is -0.597. The summed E-state index contributed by atoms with van der Waals surface area (Å²) in [5.41, 5.74) is 1.99. The Morgan fingerprint density at radius 1 is 1.00 bits per heavy atom. The van der Waals surface area contributed by atoms with Gasteiger partial charge in [-0.2, -0.15) is 0 Å². The minimum atomic E-state index is -0.980. The highest BCUT2D eigenvalue weighted by Gasteiger charge is 2.47. The molecule has 0 bridgehead atoms. The maximum Gasteiger partial charge on any atom is 0.308 e. The van der Waals surface area contributed by atoms with Crippen molar-refractivity contribution >= 4 is 29.1 Å². The van der Waals surface area contributed by atoms with E-state index in [0.29, 0.717) is 40.8 Å². The van der Waals surface area contributed by atoms with E-state index in [0.717, 1.165) is 5.56 Å². The Morgan fingerprint density at radius 3 is 2.33 bits per heavy atom. The van der Waals surface area contributed by atoms with Crippen molar-refractivity contribution in [2.45, 2.75) is 33.7 Å². The second kappa shape index (κ2) is 11.4. The SMILES string of the molecule is COc1ccc(N2C(=O)C(=O)/C(=C(/O)c3ccc(OCC(C)C)c(C)c3)C2c2cccc(OC(C)=O)c2)cc1. The number of hydrogen-bond donors (Lipinski definition) is 1. The molecule has 1 aliphatic rings. The van der Waals surface area contributed by atoms with Gasteiger partial charge in [-0.1, -0.05) is 26.0 Å². The fraction of sp³-hybridized carbons (Fsp3) is 0.258. The number of benzene rings is 3. The van der Waals surface area contributed by atoms with Gasteiger partial charge in [0, 0.05) is 18.2 Å². The molecule has 1 atom stereocenters. The molecule has 3 aromatic carbocycles. The average molecular weight is 530 g/mol. The Labute approximate surface area is 227 Å². The van der Waals surface area contributed by atoms with Crippen LogP contribution in [0.15, 0.2) is 72.3 Å². The molecule has 0 saturated carbocycles. The van der Waals surface area contributed by atoms with Gasteiger partial charge < -0.3 is 19.3 Å². The van der Waals surface area contributed by atoms with Crippen LogP contribution in [0.3, 0.4) is 0 Å². The standard InChI is InChI=1S/C31H31NO7/c1-18(2)17-38-26-14-9-22(15-19(26)3)29(34)27-28(21-7-6-8-25(16-21)39-20(4)33)32(31(36)30(27)35)23-10-12-24(37-5)13-11-23/h6-16,18,28,34H,17H2,1-5H3/b29-27+. The summed E-state index contributed by atoms with van der Waals surface area (Å²) >= 11 is 0. The number of esters is 1. The lowest BCUT2D eigenvalue weighted by molar-refractivity contribution is -0.132. The van der Waals surface area contributed by atoms with Crippen molar-refractivity contribution in [3.05, 3.63) is 89.0 Å². The first kappa shape index (κ1) is 27.4. The van der Waals surface area contributed by atoms with Crippen molar-refractivity contribution in [1.82, 2.24) is 0 Å². The smallest absolute Gasteiger partial charge is 0.308 e. The van der Waals surface area contributed by atoms with Gasteiger partial charge in [-0.25, -0.2) is 0 Å². The lowest BCUT2D eigenvalue weighted by atomic mass is 9.94. The largest absolute Gasteiger partial charge is 0.507 e. The van der Waals surface area contributed by atoms with Crippen LogP contribution in [0.1, 0.15) is 43.5 Å². The van der Waals surface area contributed by atoms with Gasteiger partial charge in [-0.05, 0) is 78.6 Å². The highest BCUT2D eigenvalue weighted by atomic mass is 16.5. The predicted molar refractivity (Wildman–Crippen MR) is 147 cm³/mol. The van der Waals surface area contributed by atoms with E-state index in [1.165, 1.54) is 18.9 Å². The van der Waals surface area contributed by atoms with Gasteiger partial charge in [0.15, 0.2) is 0 Å². The minimum Gasteiger partial charge on any atom is -0.507 e. The van der Waals surface area contributed by atoms with Crippen LogP contribution >= 0.6 is 0 Å². The zero-order valence-electron chi connectivity index (χ0n) is 22.6. The molecule has 1 heterocycles. The second-order valence-electron chi connectivity index (χ2n) is 9.72. The molecule has 4 rings (SSSR count). The molecule has 1 N–H and O–H groups in total. The molecule has 0 aliphatic carbocycles. The van der Waals surface area contributed by atoms with E-state index >= 15 is 0 Å². The van der Waals surface area contributed by atoms with Crippen molar-refractivity contribution in [3.8, 4) is 17.2 Å². The number of aliphatic hydroxyl groups excluding tert-OH is 1. The molecule has 0 radical (unpaired) electrons. The Balaban J connectivity index is 1.86. The van der Waals surface area contributed by atoms with Gasteiger partial charge in [0.2, 0.25) is 0 Å². The van der Waals surface area contributed by atoms with E-state index in [4.69, 9.17) is 14.2 Å². The average Bonchev–Trinajstić information content (AvgIpc) is 3.17. The number of amides is 1. The lowest BCUT2D eigenvalue weighted by Crippen LogP contribution is -2.29. The summed E-state index contributed by atoms with van der Waals surface area (Å²) in [7, 11) is 1.53. The fourth-order valence-corrected chi connectivity index (χ4v) is 4.44. The van der Waals surface area contributed by atoms with Gasteiger partial charge in [0.05, 0.1) is 25.3 Å². The number of rotatable bonds is 8. The molecular weight excluding hydrogens is 498 g/mol. The Bertz CT molecular complexity index is 1440. The van der Waals surface area contributed by atoms with Crippen molar-refractivity contribution in [3.63, 3.8) is 0 Å². The molecule has 0 aromatic heterocycles. The number of Topliss-reactive ketones (excluding diaryl/α,β-unsaturated/α-hetero) is 1. The maximum atomic E-state index is 13.5. The molecule has 3 aromatic rings. The van der Waals surface area contributed by atoms with Crippen LogP contribution in [0, 0.1) is 12.8 Å². The summed E-state index contributed by atoms with van der Waals surface area (Å²) in [6.07, 6.45) is 0. The first-order chi connectivity index (χ1) is 18.6. The molecule has 39 heavy (non-hydrogen) atoms. The van der Waals surface area contributed by atoms with E-state index in [-0.39, 0.29) is 17.1 Å². The fourth-order valence-electron chi connectivity index (χ4n) is 4.44. The van der Waals surface area contributed by atoms with Crippen molar-refractivity contribution in [2.75, 3.05) is 18.6 Å². The third-order valence-electron chi connectivity index (χ3n) is 6.25. The van der Waals surface area contributed by atoms with E-state index in [9.17, 15) is 19.5 Å². The van der Waals surface area contributed by atoms with Crippen LogP contribution in [0.4, 0.5) is 5.69 Å². The van der Waals surface area contributed by atoms with Gasteiger partial charge in [0.25, 0.3) is 11.7 Å². The third kappa shape index (κ3) is 5.80. The lowest BCUT2D eigenvalue weighted by Gasteiger charge is -2.26. The second-order valence-corrected chi connectivity index (χ2v) is 9.72. The number of aliphatic hydroxyl groups is 1. The number of ether oxygens (including phenoxy) is 3. The molecule has 1 amide bonds. The molecule has 0 spiro atoms. The van der Waals surface area contributed by atoms with Crippen LogP contribution in [0.25, 0.3) is 5.76 Å². The third-order valence-corrected chi connectivity index (χ3v) is 6.25. The molecule has 8 heteroatoms. The number of aryl methyl sites for hydroxylation is 1. The molecule has 1 unspecified atom stereocenters. The maximum absolute atomic E-state index is 13.5. The first-order valence-corrected chi connectivity index (χ1v) is 12.6. The summed E-state index contributed by atoms with van der Waals surface area (Å²) < 4.78 is 16.3. The monoisotopic (exact) mass is 529 g/mol. The van der Waals surface area contributed by atoms with E-state index < -0.39 is 23.7 Å². The zero-order chi connectivity index (χ0) is 28.3. The molecule has 8 nitrogen and oxygen atoms in total. The Kier molecular flexibility index (Phi) is 8.04. The zero-order valence-corrected chi connectivity index (χ0v) is 22.6. The summed E-state index contributed by atoms with van der Waals surface area (Å²) in [6, 6.07) is 17.4. The van der Waals surface area contributed by atoms with Gasteiger partial charge >= 0.3 is 5.97 Å². The summed E-state index contributed by atoms with van der Waals surface area (Å²) in [4.78, 5) is 39.8. The number of nitrogens with zero attached hydrogens (tertiary/aromatic N) is 1. The predicted octanol–water partition coefficient (Wildman–Crippen LogP) is 5.59. The van der Waals surface area contributed by atoms with Crippen LogP contribution in [-0.2, 0) is 14.4 Å². The van der Waals surface area contributed by atoms with Crippen LogP contribution in [-0.4, -0.2) is 36.5 Å². The first-order valence-electron chi connectivity index (χ1n) is 12.6. The van der Waals surface area contributed by atoms with Crippen LogP contribution < -0.4 is 19.1 Å². The van der Waals surface area contributed by atoms with Crippen LogP contribution in [0.2, 0.25) is 0 Å². The number of methoxy groups -OCH3 is 1. The van der Waals surface area contributed by atoms with Crippen molar-refractivity contribution in [2.24, 2.45) is 5.92 Å². The van der Waals surface area contributed by atoms with Crippen LogP contribution in [0.5, 0.6) is 17.2 Å². The van der Waals surface area contributed by atoms with E-state index in [2.05, 4.69) is 0 Å². The molecule has 1 aliphatic heterocycles. The van der Waals surface area contributed by atoms with Gasteiger partial charge in [-0.3, -0.25) is 19.3 Å². The number of carbonyl (C=O) groups is 3. The number of ketones is 1. The van der Waals surface area contributed by atoms with Gasteiger partial charge in [0.1, 0.15) is 23.0 Å². The highest BCUT2D eigenvalue weighted by Crippen LogP contribution is 2.43. The molecule has 1 saturated heterocycles. The van der Waals surface area contributed by atoms with Gasteiger partial charge in [-0.15, -0.1) is 0 Å². The van der Waals surface area contributed by atoms with E-state index in [1.54, 1.807) is 66.7 Å². The summed E-state index contributed by atoms with van der Waals surface area (Å²) in [6.45, 7) is 7.77. The normalized spacial score (nSPS) is 16.5. The number of carbonyl (C=O) groups excluding carboxylic acids is 3. The van der Waals surface area contributed by atoms with Crippen molar-refractivity contribution in [1.29, 1.82) is 0 Å². The number of hydrogen-bond acceptors (Lipinski definition) is 7. The summed E-state index contributed by atoms with van der Waals surface area (Å²) in [5, 5.41) is 11.5.